The normalized spacial score (nSPS) is 15.6. The molecule has 8 nitrogen and oxygen atoms in total. The quantitative estimate of drug-likeness (QED) is 0.526. The van der Waals surface area contributed by atoms with Gasteiger partial charge in [0.1, 0.15) is 5.75 Å². The van der Waals surface area contributed by atoms with E-state index < -0.39 is 11.0 Å². The van der Waals surface area contributed by atoms with Crippen LogP contribution in [0.4, 0.5) is 5.69 Å². The van der Waals surface area contributed by atoms with Crippen LogP contribution in [0.5, 0.6) is 11.5 Å². The van der Waals surface area contributed by atoms with E-state index in [1.54, 1.807) is 17.9 Å². The molecule has 0 saturated carbocycles. The Morgan fingerprint density at radius 2 is 1.83 bits per heavy atom. The molecule has 0 aliphatic carbocycles. The zero-order valence-corrected chi connectivity index (χ0v) is 16.6. The lowest BCUT2D eigenvalue weighted by Gasteiger charge is -2.35. The Hall–Kier alpha value is -3.13. The lowest BCUT2D eigenvalue weighted by molar-refractivity contribution is -0.386. The highest BCUT2D eigenvalue weighted by Crippen LogP contribution is 2.32. The molecule has 8 heteroatoms. The molecule has 154 valence electrons. The van der Waals surface area contributed by atoms with E-state index in [0.717, 1.165) is 19.6 Å². The zero-order valence-electron chi connectivity index (χ0n) is 16.6. The molecule has 0 bridgehead atoms. The molecule has 0 aromatic heterocycles. The van der Waals surface area contributed by atoms with Gasteiger partial charge in [-0.2, -0.15) is 0 Å². The average molecular weight is 399 g/mol. The maximum Gasteiger partial charge on any atom is 0.314 e. The van der Waals surface area contributed by atoms with Gasteiger partial charge in [0.15, 0.2) is 11.9 Å². The van der Waals surface area contributed by atoms with Gasteiger partial charge >= 0.3 is 5.69 Å². The van der Waals surface area contributed by atoms with Crippen molar-refractivity contribution in [2.75, 3.05) is 33.3 Å². The minimum atomic E-state index is -0.817. The Bertz CT molecular complexity index is 851. The highest BCUT2D eigenvalue weighted by Gasteiger charge is 2.28. The number of ether oxygens (including phenoxy) is 2. The van der Waals surface area contributed by atoms with Crippen LogP contribution in [0.1, 0.15) is 12.5 Å². The van der Waals surface area contributed by atoms with Crippen LogP contribution < -0.4 is 9.47 Å². The summed E-state index contributed by atoms with van der Waals surface area (Å²) < 4.78 is 10.7. The van der Waals surface area contributed by atoms with Gasteiger partial charge in [-0.3, -0.25) is 19.8 Å². The Labute approximate surface area is 169 Å². The summed E-state index contributed by atoms with van der Waals surface area (Å²) in [5, 5.41) is 11.3. The molecule has 1 heterocycles. The van der Waals surface area contributed by atoms with Crippen LogP contribution in [0.3, 0.4) is 0 Å². The second-order valence-electron chi connectivity index (χ2n) is 6.94. The van der Waals surface area contributed by atoms with Crippen molar-refractivity contribution in [2.45, 2.75) is 19.6 Å². The van der Waals surface area contributed by atoms with E-state index in [1.165, 1.54) is 24.8 Å². The third-order valence-electron chi connectivity index (χ3n) is 4.95. The first kappa shape index (κ1) is 20.6. The summed E-state index contributed by atoms with van der Waals surface area (Å²) in [7, 11) is 1.43. The number of rotatable bonds is 7. The van der Waals surface area contributed by atoms with Crippen LogP contribution in [-0.2, 0) is 11.3 Å². The summed E-state index contributed by atoms with van der Waals surface area (Å²) in [6.45, 7) is 5.22. The summed E-state index contributed by atoms with van der Waals surface area (Å²) in [5.74, 6) is 0.242. The van der Waals surface area contributed by atoms with E-state index in [2.05, 4.69) is 17.0 Å². The first-order valence-electron chi connectivity index (χ1n) is 9.52. The summed E-state index contributed by atoms with van der Waals surface area (Å²) in [6.07, 6.45) is -0.817. The van der Waals surface area contributed by atoms with Gasteiger partial charge < -0.3 is 14.4 Å². The number of piperazine rings is 1. The minimum Gasteiger partial charge on any atom is -0.496 e. The third kappa shape index (κ3) is 5.23. The highest BCUT2D eigenvalue weighted by atomic mass is 16.6. The zero-order chi connectivity index (χ0) is 20.8. The molecule has 2 aromatic carbocycles. The van der Waals surface area contributed by atoms with Crippen molar-refractivity contribution in [2.24, 2.45) is 0 Å². The molecule has 0 unspecified atom stereocenters. The van der Waals surface area contributed by atoms with Gasteiger partial charge in [0.05, 0.1) is 18.1 Å². The van der Waals surface area contributed by atoms with E-state index in [1.807, 2.05) is 18.2 Å². The van der Waals surface area contributed by atoms with Crippen molar-refractivity contribution in [1.29, 1.82) is 0 Å². The fourth-order valence-corrected chi connectivity index (χ4v) is 3.33. The third-order valence-corrected chi connectivity index (χ3v) is 4.95. The number of benzene rings is 2. The van der Waals surface area contributed by atoms with Crippen molar-refractivity contribution in [3.8, 4) is 11.5 Å². The Morgan fingerprint density at radius 3 is 2.45 bits per heavy atom. The maximum atomic E-state index is 12.8. The van der Waals surface area contributed by atoms with Crippen LogP contribution in [0.2, 0.25) is 0 Å². The van der Waals surface area contributed by atoms with Crippen LogP contribution in [-0.4, -0.2) is 60.0 Å². The molecule has 1 aliphatic rings. The standard InChI is InChI=1S/C21H25N3O5/c1-16(29-20-9-8-18(28-2)14-19(20)24(26)27)21(25)23-12-10-22(11-13-23)15-17-6-4-3-5-7-17/h3-9,14,16H,10-13,15H2,1-2H3/t16-/m1/s1. The lowest BCUT2D eigenvalue weighted by atomic mass is 10.2. The fourth-order valence-electron chi connectivity index (χ4n) is 3.33. The van der Waals surface area contributed by atoms with E-state index in [0.29, 0.717) is 18.8 Å². The van der Waals surface area contributed by atoms with Gasteiger partial charge in [0, 0.05) is 32.7 Å². The van der Waals surface area contributed by atoms with E-state index >= 15 is 0 Å². The number of hydrogen-bond acceptors (Lipinski definition) is 6. The number of nitrogens with zero attached hydrogens (tertiary/aromatic N) is 3. The van der Waals surface area contributed by atoms with Gasteiger partial charge in [-0.05, 0) is 24.6 Å². The maximum absolute atomic E-state index is 12.8. The van der Waals surface area contributed by atoms with Crippen LogP contribution in [0.25, 0.3) is 0 Å². The van der Waals surface area contributed by atoms with Gasteiger partial charge in [-0.1, -0.05) is 30.3 Å². The summed E-state index contributed by atoms with van der Waals surface area (Å²) >= 11 is 0. The molecule has 1 saturated heterocycles. The van der Waals surface area contributed by atoms with Crippen LogP contribution in [0, 0.1) is 10.1 Å². The van der Waals surface area contributed by atoms with Crippen molar-refractivity contribution >= 4 is 11.6 Å². The number of carbonyl (C=O) groups excluding carboxylic acids is 1. The minimum absolute atomic E-state index is 0.0550. The SMILES string of the molecule is COc1ccc(O[C@H](C)C(=O)N2CCN(Cc3ccccc3)CC2)c([N+](=O)[O-])c1. The Kier molecular flexibility index (Phi) is 6.66. The first-order chi connectivity index (χ1) is 14.0. The number of amides is 1. The molecule has 1 aliphatic heterocycles. The molecule has 1 atom stereocenters. The first-order valence-corrected chi connectivity index (χ1v) is 9.52. The van der Waals surface area contributed by atoms with E-state index in [4.69, 9.17) is 9.47 Å². The van der Waals surface area contributed by atoms with Gasteiger partial charge in [0.25, 0.3) is 5.91 Å². The van der Waals surface area contributed by atoms with E-state index in [9.17, 15) is 14.9 Å². The molecule has 0 spiro atoms. The second kappa shape index (κ2) is 9.38. The Morgan fingerprint density at radius 1 is 1.14 bits per heavy atom. The molecule has 0 N–H and O–H groups in total. The number of hydrogen-bond donors (Lipinski definition) is 0. The van der Waals surface area contributed by atoms with Crippen LogP contribution in [0.15, 0.2) is 48.5 Å². The fraction of sp³-hybridized carbons (Fsp3) is 0.381. The van der Waals surface area contributed by atoms with Crippen molar-refractivity contribution in [3.63, 3.8) is 0 Å². The van der Waals surface area contributed by atoms with Gasteiger partial charge in [-0.15, -0.1) is 0 Å². The van der Waals surface area contributed by atoms with Crippen LogP contribution >= 0.6 is 0 Å². The predicted octanol–water partition coefficient (Wildman–Crippen LogP) is 2.72. The average Bonchev–Trinajstić information content (AvgIpc) is 2.74. The molecule has 0 radical (unpaired) electrons. The monoisotopic (exact) mass is 399 g/mol. The molecule has 29 heavy (non-hydrogen) atoms. The smallest absolute Gasteiger partial charge is 0.314 e. The molecule has 2 aromatic rings. The molecule has 3 rings (SSSR count). The summed E-state index contributed by atoms with van der Waals surface area (Å²) in [4.78, 5) is 27.6. The van der Waals surface area contributed by atoms with Gasteiger partial charge in [0.2, 0.25) is 0 Å². The highest BCUT2D eigenvalue weighted by molar-refractivity contribution is 5.81. The van der Waals surface area contributed by atoms with Gasteiger partial charge in [-0.25, -0.2) is 0 Å². The van der Waals surface area contributed by atoms with Crippen molar-refractivity contribution in [3.05, 3.63) is 64.2 Å². The summed E-state index contributed by atoms with van der Waals surface area (Å²) in [6, 6.07) is 14.5. The molecule has 1 amide bonds. The van der Waals surface area contributed by atoms with Crippen molar-refractivity contribution in [1.82, 2.24) is 9.80 Å². The Balaban J connectivity index is 1.57. The number of nitro groups is 1. The topological polar surface area (TPSA) is 85.2 Å². The van der Waals surface area contributed by atoms with E-state index in [-0.39, 0.29) is 17.3 Å². The predicted molar refractivity (Wildman–Crippen MR) is 108 cm³/mol. The number of carbonyl (C=O) groups is 1. The van der Waals surface area contributed by atoms with Crippen molar-refractivity contribution < 1.29 is 19.2 Å². The molecule has 1 fully saturated rings. The number of methoxy groups -OCH3 is 1. The number of nitro benzene ring substituents is 1. The molecular formula is C21H25N3O5. The lowest BCUT2D eigenvalue weighted by Crippen LogP contribution is -2.51. The summed E-state index contributed by atoms with van der Waals surface area (Å²) in [5.41, 5.74) is 1.02. The molecular weight excluding hydrogens is 374 g/mol. The largest absolute Gasteiger partial charge is 0.496 e. The second-order valence-corrected chi connectivity index (χ2v) is 6.94.